The molecule has 0 saturated carbocycles. The molecule has 4 heterocycles. The maximum absolute atomic E-state index is 13.6. The first-order valence-electron chi connectivity index (χ1n) is 11.5. The summed E-state index contributed by atoms with van der Waals surface area (Å²) < 4.78 is 10.9. The van der Waals surface area contributed by atoms with E-state index in [-0.39, 0.29) is 5.91 Å². The molecule has 1 amide bonds. The van der Waals surface area contributed by atoms with Crippen molar-refractivity contribution in [1.82, 2.24) is 15.2 Å². The van der Waals surface area contributed by atoms with Gasteiger partial charge in [0.25, 0.3) is 0 Å². The first-order chi connectivity index (χ1) is 16.1. The molecule has 33 heavy (non-hydrogen) atoms. The van der Waals surface area contributed by atoms with Crippen LogP contribution >= 0.6 is 0 Å². The van der Waals surface area contributed by atoms with Crippen LogP contribution in [0.3, 0.4) is 0 Å². The molecule has 3 aromatic rings. The lowest BCUT2D eigenvalue weighted by Gasteiger charge is -2.41. The minimum absolute atomic E-state index is 0.0375. The lowest BCUT2D eigenvalue weighted by atomic mass is 9.79. The fourth-order valence-corrected chi connectivity index (χ4v) is 4.78. The van der Waals surface area contributed by atoms with Gasteiger partial charge in [-0.3, -0.25) is 9.69 Å². The number of carbonyl (C=O) groups excluding carboxylic acids is 1. The number of pyridine rings is 1. The van der Waals surface area contributed by atoms with Crippen LogP contribution in [0.4, 0.5) is 5.82 Å². The Morgan fingerprint density at radius 3 is 2.67 bits per heavy atom. The Balaban J connectivity index is 1.45. The van der Waals surface area contributed by atoms with Crippen molar-refractivity contribution in [1.29, 1.82) is 0 Å². The summed E-state index contributed by atoms with van der Waals surface area (Å²) >= 11 is 0. The summed E-state index contributed by atoms with van der Waals surface area (Å²) in [6.07, 6.45) is 1.62. The molecule has 2 aliphatic heterocycles. The van der Waals surface area contributed by atoms with Crippen LogP contribution in [0.1, 0.15) is 29.5 Å². The van der Waals surface area contributed by atoms with Gasteiger partial charge in [0.2, 0.25) is 5.91 Å². The second-order valence-corrected chi connectivity index (χ2v) is 9.00. The predicted molar refractivity (Wildman–Crippen MR) is 126 cm³/mol. The minimum Gasteiger partial charge on any atom is -0.467 e. The zero-order chi connectivity index (χ0) is 22.7. The number of fused-ring (bicyclic) bond motifs is 1. The quantitative estimate of drug-likeness (QED) is 0.628. The normalized spacial score (nSPS) is 20.9. The maximum atomic E-state index is 13.6. The Kier molecular flexibility index (Phi) is 6.15. The minimum atomic E-state index is -0.781. The van der Waals surface area contributed by atoms with Crippen LogP contribution in [0.2, 0.25) is 0 Å². The van der Waals surface area contributed by atoms with Crippen LogP contribution in [-0.2, 0) is 34.6 Å². The fourth-order valence-electron chi connectivity index (χ4n) is 4.78. The van der Waals surface area contributed by atoms with Crippen molar-refractivity contribution in [2.45, 2.75) is 32.0 Å². The molecule has 2 aliphatic rings. The van der Waals surface area contributed by atoms with Crippen molar-refractivity contribution >= 4 is 11.7 Å². The highest BCUT2D eigenvalue weighted by atomic mass is 16.5. The number of carbonyl (C=O) groups is 1. The molecule has 2 aromatic heterocycles. The Bertz CT molecular complexity index is 1080. The molecule has 1 saturated heterocycles. The van der Waals surface area contributed by atoms with Gasteiger partial charge in [-0.1, -0.05) is 36.4 Å². The predicted octanol–water partition coefficient (Wildman–Crippen LogP) is 3.10. The van der Waals surface area contributed by atoms with Gasteiger partial charge in [-0.25, -0.2) is 4.98 Å². The van der Waals surface area contributed by atoms with E-state index in [4.69, 9.17) is 14.1 Å². The van der Waals surface area contributed by atoms with Crippen molar-refractivity contribution in [3.8, 4) is 0 Å². The topological polar surface area (TPSA) is 70.8 Å². The van der Waals surface area contributed by atoms with Gasteiger partial charge in [0.15, 0.2) is 0 Å². The Labute approximate surface area is 194 Å². The van der Waals surface area contributed by atoms with Crippen LogP contribution in [0.25, 0.3) is 0 Å². The van der Waals surface area contributed by atoms with E-state index >= 15 is 0 Å². The van der Waals surface area contributed by atoms with E-state index in [1.54, 1.807) is 6.26 Å². The van der Waals surface area contributed by atoms with E-state index < -0.39 is 5.41 Å². The van der Waals surface area contributed by atoms with E-state index in [2.05, 4.69) is 51.5 Å². The summed E-state index contributed by atoms with van der Waals surface area (Å²) in [7, 11) is 0. The first-order valence-corrected chi connectivity index (χ1v) is 11.5. The molecule has 7 nitrogen and oxygen atoms in total. The first kappa shape index (κ1) is 21.7. The summed E-state index contributed by atoms with van der Waals surface area (Å²) in [5.74, 6) is 1.61. The fraction of sp³-hybridized carbons (Fsp3) is 0.385. The van der Waals surface area contributed by atoms with Gasteiger partial charge in [-0.15, -0.1) is 0 Å². The SMILES string of the molecule is CC1(C(=O)NCc2ccco2)CN(Cc2ccccc2)Cc2ccc(N3CCOCC3)nc21. The number of nitrogens with one attached hydrogen (secondary N) is 1. The van der Waals surface area contributed by atoms with Crippen LogP contribution in [-0.4, -0.2) is 48.6 Å². The molecule has 7 heteroatoms. The molecule has 0 spiro atoms. The third-order valence-electron chi connectivity index (χ3n) is 6.51. The van der Waals surface area contributed by atoms with Crippen LogP contribution in [0.5, 0.6) is 0 Å². The van der Waals surface area contributed by atoms with Gasteiger partial charge in [0.05, 0.1) is 31.7 Å². The summed E-state index contributed by atoms with van der Waals surface area (Å²) in [5, 5.41) is 3.09. The lowest BCUT2D eigenvalue weighted by Crippen LogP contribution is -2.53. The van der Waals surface area contributed by atoms with E-state index in [9.17, 15) is 4.79 Å². The van der Waals surface area contributed by atoms with E-state index in [0.717, 1.165) is 49.0 Å². The molecule has 5 rings (SSSR count). The smallest absolute Gasteiger partial charge is 0.233 e. The van der Waals surface area contributed by atoms with Gasteiger partial charge in [0, 0.05) is 32.7 Å². The number of rotatable bonds is 6. The molecule has 0 bridgehead atoms. The summed E-state index contributed by atoms with van der Waals surface area (Å²) in [6.45, 7) is 7.54. The molecule has 0 aliphatic carbocycles. The van der Waals surface area contributed by atoms with Crippen molar-refractivity contribution in [2.75, 3.05) is 37.7 Å². The third kappa shape index (κ3) is 4.65. The van der Waals surface area contributed by atoms with Crippen molar-refractivity contribution in [2.24, 2.45) is 0 Å². The molecule has 0 radical (unpaired) electrons. The van der Waals surface area contributed by atoms with Gasteiger partial charge < -0.3 is 19.4 Å². The molecular weight excluding hydrogens is 416 g/mol. The number of amides is 1. The summed E-state index contributed by atoms with van der Waals surface area (Å²) in [6, 6.07) is 18.3. The lowest BCUT2D eigenvalue weighted by molar-refractivity contribution is -0.128. The monoisotopic (exact) mass is 446 g/mol. The van der Waals surface area contributed by atoms with E-state index in [1.807, 2.05) is 25.1 Å². The summed E-state index contributed by atoms with van der Waals surface area (Å²) in [4.78, 5) is 23.2. The van der Waals surface area contributed by atoms with Crippen LogP contribution in [0, 0.1) is 0 Å². The van der Waals surface area contributed by atoms with Crippen molar-refractivity contribution in [3.63, 3.8) is 0 Å². The molecule has 1 fully saturated rings. The van der Waals surface area contributed by atoms with Gasteiger partial charge in [0.1, 0.15) is 17.0 Å². The number of hydrogen-bond acceptors (Lipinski definition) is 6. The second kappa shape index (κ2) is 9.37. The van der Waals surface area contributed by atoms with Gasteiger partial charge in [-0.05, 0) is 36.2 Å². The largest absolute Gasteiger partial charge is 0.467 e. The number of hydrogen-bond donors (Lipinski definition) is 1. The highest BCUT2D eigenvalue weighted by Gasteiger charge is 2.43. The highest BCUT2D eigenvalue weighted by molar-refractivity contribution is 5.88. The van der Waals surface area contributed by atoms with E-state index in [1.165, 1.54) is 5.56 Å². The van der Waals surface area contributed by atoms with Crippen LogP contribution < -0.4 is 10.2 Å². The number of furan rings is 1. The summed E-state index contributed by atoms with van der Waals surface area (Å²) in [5.41, 5.74) is 2.42. The number of aromatic nitrogens is 1. The number of morpholine rings is 1. The molecule has 1 aromatic carbocycles. The Morgan fingerprint density at radius 1 is 1.09 bits per heavy atom. The van der Waals surface area contributed by atoms with Crippen molar-refractivity contribution in [3.05, 3.63) is 83.4 Å². The maximum Gasteiger partial charge on any atom is 0.233 e. The van der Waals surface area contributed by atoms with Crippen molar-refractivity contribution < 1.29 is 13.9 Å². The molecular formula is C26H30N4O3. The number of ether oxygens (including phenoxy) is 1. The molecule has 172 valence electrons. The second-order valence-electron chi connectivity index (χ2n) is 9.00. The Hall–Kier alpha value is -3.16. The average molecular weight is 447 g/mol. The van der Waals surface area contributed by atoms with Gasteiger partial charge in [-0.2, -0.15) is 0 Å². The molecule has 1 unspecified atom stereocenters. The number of nitrogens with zero attached hydrogens (tertiary/aromatic N) is 3. The third-order valence-corrected chi connectivity index (χ3v) is 6.51. The number of anilines is 1. The average Bonchev–Trinajstić information content (AvgIpc) is 3.37. The number of benzene rings is 1. The molecule has 1 N–H and O–H groups in total. The zero-order valence-corrected chi connectivity index (χ0v) is 19.0. The highest BCUT2D eigenvalue weighted by Crippen LogP contribution is 2.35. The van der Waals surface area contributed by atoms with Crippen LogP contribution in [0.15, 0.2) is 65.3 Å². The standard InChI is InChI=1S/C26H30N4O3/c1-26(25(31)27-16-22-8-5-13-33-22)19-29(17-20-6-3-2-4-7-20)18-21-9-10-23(28-24(21)26)30-11-14-32-15-12-30/h2-10,13H,11-12,14-19H2,1H3,(H,27,31). The Morgan fingerprint density at radius 2 is 1.91 bits per heavy atom. The van der Waals surface area contributed by atoms with Gasteiger partial charge >= 0.3 is 0 Å². The zero-order valence-electron chi connectivity index (χ0n) is 19.0. The molecule has 1 atom stereocenters. The van der Waals surface area contributed by atoms with E-state index in [0.29, 0.717) is 26.3 Å².